The van der Waals surface area contributed by atoms with E-state index in [0.717, 1.165) is 6.54 Å². The number of hydrazine groups is 1. The Morgan fingerprint density at radius 1 is 1.62 bits per heavy atom. The van der Waals surface area contributed by atoms with Crippen LogP contribution in [0.15, 0.2) is 23.4 Å². The van der Waals surface area contributed by atoms with Gasteiger partial charge in [0.15, 0.2) is 0 Å². The van der Waals surface area contributed by atoms with Gasteiger partial charge in [-0.25, -0.2) is 5.43 Å². The SMILES string of the molecule is CCNC(=O)C1=CC=C(C)CNN1. The lowest BCUT2D eigenvalue weighted by Crippen LogP contribution is -2.38. The van der Waals surface area contributed by atoms with Gasteiger partial charge in [-0.2, -0.15) is 0 Å². The van der Waals surface area contributed by atoms with Crippen LogP contribution in [0.25, 0.3) is 0 Å². The van der Waals surface area contributed by atoms with Gasteiger partial charge in [-0.05, 0) is 19.9 Å². The summed E-state index contributed by atoms with van der Waals surface area (Å²) < 4.78 is 0. The number of amides is 1. The molecule has 1 aliphatic rings. The van der Waals surface area contributed by atoms with Gasteiger partial charge in [0.25, 0.3) is 5.91 Å². The molecule has 0 aliphatic carbocycles. The quantitative estimate of drug-likeness (QED) is 0.564. The zero-order chi connectivity index (χ0) is 9.68. The van der Waals surface area contributed by atoms with Crippen molar-refractivity contribution in [3.05, 3.63) is 23.4 Å². The maximum absolute atomic E-state index is 11.3. The van der Waals surface area contributed by atoms with Crippen LogP contribution < -0.4 is 16.2 Å². The minimum atomic E-state index is -0.0825. The predicted molar refractivity (Wildman–Crippen MR) is 51.7 cm³/mol. The van der Waals surface area contributed by atoms with E-state index in [4.69, 9.17) is 0 Å². The molecule has 1 amide bonds. The van der Waals surface area contributed by atoms with Gasteiger partial charge < -0.3 is 10.7 Å². The van der Waals surface area contributed by atoms with Crippen LogP contribution in [0.3, 0.4) is 0 Å². The fourth-order valence-electron chi connectivity index (χ4n) is 0.993. The highest BCUT2D eigenvalue weighted by atomic mass is 16.2. The van der Waals surface area contributed by atoms with E-state index in [1.54, 1.807) is 6.08 Å². The third-order valence-electron chi connectivity index (χ3n) is 1.71. The number of rotatable bonds is 2. The molecule has 0 aromatic carbocycles. The van der Waals surface area contributed by atoms with Crippen LogP contribution in [0.5, 0.6) is 0 Å². The maximum atomic E-state index is 11.3. The summed E-state index contributed by atoms with van der Waals surface area (Å²) in [5, 5.41) is 2.72. The first-order valence-electron chi connectivity index (χ1n) is 4.38. The second-order valence-corrected chi connectivity index (χ2v) is 2.93. The van der Waals surface area contributed by atoms with E-state index >= 15 is 0 Å². The fourth-order valence-corrected chi connectivity index (χ4v) is 0.993. The monoisotopic (exact) mass is 181 g/mol. The summed E-state index contributed by atoms with van der Waals surface area (Å²) in [4.78, 5) is 11.3. The summed E-state index contributed by atoms with van der Waals surface area (Å²) in [6, 6.07) is 0. The highest BCUT2D eigenvalue weighted by Crippen LogP contribution is 1.98. The standard InChI is InChI=1S/C9H15N3O/c1-3-10-9(13)8-5-4-7(2)6-11-12-8/h4-5,11-12H,3,6H2,1-2H3,(H,10,13). The smallest absolute Gasteiger partial charge is 0.268 e. The lowest BCUT2D eigenvalue weighted by atomic mass is 10.2. The number of carbonyl (C=O) groups is 1. The van der Waals surface area contributed by atoms with Gasteiger partial charge in [0.1, 0.15) is 5.70 Å². The highest BCUT2D eigenvalue weighted by molar-refractivity contribution is 5.93. The third kappa shape index (κ3) is 2.91. The van der Waals surface area contributed by atoms with Crippen molar-refractivity contribution < 1.29 is 4.79 Å². The molecule has 1 aliphatic heterocycles. The molecule has 1 heterocycles. The lowest BCUT2D eigenvalue weighted by Gasteiger charge is -2.08. The summed E-state index contributed by atoms with van der Waals surface area (Å²) >= 11 is 0. The molecular formula is C9H15N3O. The topological polar surface area (TPSA) is 53.2 Å². The van der Waals surface area contributed by atoms with Gasteiger partial charge in [0, 0.05) is 13.1 Å². The van der Waals surface area contributed by atoms with E-state index in [1.807, 2.05) is 19.9 Å². The Bertz CT molecular complexity index is 256. The van der Waals surface area contributed by atoms with Crippen LogP contribution in [-0.4, -0.2) is 19.0 Å². The first kappa shape index (κ1) is 9.80. The Hall–Kier alpha value is -1.29. The Kier molecular flexibility index (Phi) is 3.52. The Morgan fingerprint density at radius 2 is 2.38 bits per heavy atom. The van der Waals surface area contributed by atoms with E-state index in [-0.39, 0.29) is 5.91 Å². The molecule has 0 atom stereocenters. The van der Waals surface area contributed by atoms with Gasteiger partial charge in [-0.1, -0.05) is 11.6 Å². The minimum Gasteiger partial charge on any atom is -0.351 e. The molecule has 0 radical (unpaired) electrons. The molecule has 0 bridgehead atoms. The largest absolute Gasteiger partial charge is 0.351 e. The van der Waals surface area contributed by atoms with Gasteiger partial charge in [0.05, 0.1) is 0 Å². The van der Waals surface area contributed by atoms with Crippen LogP contribution in [0.4, 0.5) is 0 Å². The van der Waals surface area contributed by atoms with Crippen molar-refractivity contribution in [2.24, 2.45) is 0 Å². The van der Waals surface area contributed by atoms with Crippen molar-refractivity contribution in [3.63, 3.8) is 0 Å². The number of likely N-dealkylation sites (N-methyl/N-ethyl adjacent to an activating group) is 1. The Morgan fingerprint density at radius 3 is 3.08 bits per heavy atom. The normalized spacial score (nSPS) is 16.5. The van der Waals surface area contributed by atoms with E-state index in [2.05, 4.69) is 16.2 Å². The fraction of sp³-hybridized carbons (Fsp3) is 0.444. The Balaban J connectivity index is 2.63. The number of allylic oxidation sites excluding steroid dienone is 2. The molecule has 3 N–H and O–H groups in total. The van der Waals surface area contributed by atoms with E-state index in [9.17, 15) is 4.79 Å². The van der Waals surface area contributed by atoms with E-state index < -0.39 is 0 Å². The molecule has 13 heavy (non-hydrogen) atoms. The molecule has 0 fully saturated rings. The highest BCUT2D eigenvalue weighted by Gasteiger charge is 2.08. The van der Waals surface area contributed by atoms with Crippen LogP contribution >= 0.6 is 0 Å². The third-order valence-corrected chi connectivity index (χ3v) is 1.71. The van der Waals surface area contributed by atoms with Crippen molar-refractivity contribution in [1.82, 2.24) is 16.2 Å². The second-order valence-electron chi connectivity index (χ2n) is 2.93. The number of carbonyl (C=O) groups excluding carboxylic acids is 1. The molecular weight excluding hydrogens is 166 g/mol. The van der Waals surface area contributed by atoms with Gasteiger partial charge in [0.2, 0.25) is 0 Å². The zero-order valence-corrected chi connectivity index (χ0v) is 7.98. The molecule has 0 aromatic heterocycles. The molecule has 1 rings (SSSR count). The van der Waals surface area contributed by atoms with Crippen molar-refractivity contribution in [2.45, 2.75) is 13.8 Å². The molecule has 0 aromatic rings. The summed E-state index contributed by atoms with van der Waals surface area (Å²) in [7, 11) is 0. The zero-order valence-electron chi connectivity index (χ0n) is 7.98. The average Bonchev–Trinajstić information content (AvgIpc) is 2.30. The van der Waals surface area contributed by atoms with E-state index in [1.165, 1.54) is 5.57 Å². The second kappa shape index (κ2) is 4.67. The first-order valence-corrected chi connectivity index (χ1v) is 4.38. The number of nitrogens with one attached hydrogen (secondary N) is 3. The van der Waals surface area contributed by atoms with Crippen LogP contribution in [0, 0.1) is 0 Å². The van der Waals surface area contributed by atoms with Crippen LogP contribution in [0.1, 0.15) is 13.8 Å². The molecule has 4 nitrogen and oxygen atoms in total. The average molecular weight is 181 g/mol. The van der Waals surface area contributed by atoms with Gasteiger partial charge >= 0.3 is 0 Å². The summed E-state index contributed by atoms with van der Waals surface area (Å²) in [6.07, 6.45) is 3.71. The summed E-state index contributed by atoms with van der Waals surface area (Å²) in [6.45, 7) is 5.29. The minimum absolute atomic E-state index is 0.0825. The van der Waals surface area contributed by atoms with E-state index in [0.29, 0.717) is 12.2 Å². The lowest BCUT2D eigenvalue weighted by molar-refractivity contribution is -0.117. The Labute approximate surface area is 78.1 Å². The van der Waals surface area contributed by atoms with Crippen molar-refractivity contribution in [2.75, 3.05) is 13.1 Å². The maximum Gasteiger partial charge on any atom is 0.268 e. The van der Waals surface area contributed by atoms with Crippen molar-refractivity contribution in [1.29, 1.82) is 0 Å². The molecule has 0 spiro atoms. The summed E-state index contributed by atoms with van der Waals surface area (Å²) in [5.74, 6) is -0.0825. The van der Waals surface area contributed by atoms with Crippen LogP contribution in [-0.2, 0) is 4.79 Å². The molecule has 4 heteroatoms. The van der Waals surface area contributed by atoms with Crippen LogP contribution in [0.2, 0.25) is 0 Å². The van der Waals surface area contributed by atoms with Crippen molar-refractivity contribution >= 4 is 5.91 Å². The number of hydrogen-bond donors (Lipinski definition) is 3. The number of hydrogen-bond acceptors (Lipinski definition) is 3. The van der Waals surface area contributed by atoms with Gasteiger partial charge in [-0.3, -0.25) is 4.79 Å². The first-order chi connectivity index (χ1) is 6.24. The van der Waals surface area contributed by atoms with Crippen molar-refractivity contribution in [3.8, 4) is 0 Å². The molecule has 0 saturated carbocycles. The molecule has 72 valence electrons. The molecule has 0 unspecified atom stereocenters. The van der Waals surface area contributed by atoms with Gasteiger partial charge in [-0.15, -0.1) is 0 Å². The predicted octanol–water partition coefficient (Wildman–Crippen LogP) is 0.0605. The molecule has 0 saturated heterocycles. The summed E-state index contributed by atoms with van der Waals surface area (Å²) in [5.41, 5.74) is 7.52.